The van der Waals surface area contributed by atoms with E-state index in [9.17, 15) is 14.4 Å². The van der Waals surface area contributed by atoms with Crippen LogP contribution in [0.15, 0.2) is 42.5 Å². The highest BCUT2D eigenvalue weighted by Gasteiger charge is 2.15. The number of imide groups is 1. The second-order valence-corrected chi connectivity index (χ2v) is 5.66. The standard InChI is InChI=1S/C17H13Cl2NO4/c1-10(21)20-17(23)12-4-2-3-5-16(12)24-9-15(22)11-6-7-13(18)14(19)8-11/h2-8H,9H2,1H3,(H,20,21,23). The Labute approximate surface area is 148 Å². The minimum Gasteiger partial charge on any atom is -0.485 e. The second-order valence-electron chi connectivity index (χ2n) is 4.85. The molecule has 0 aliphatic heterocycles. The highest BCUT2D eigenvalue weighted by Crippen LogP contribution is 2.23. The Kier molecular flexibility index (Phi) is 5.95. The van der Waals surface area contributed by atoms with E-state index in [1.54, 1.807) is 12.1 Å². The Morgan fingerprint density at radius 3 is 2.42 bits per heavy atom. The summed E-state index contributed by atoms with van der Waals surface area (Å²) < 4.78 is 5.43. The minimum atomic E-state index is -0.597. The van der Waals surface area contributed by atoms with Gasteiger partial charge in [-0.25, -0.2) is 0 Å². The van der Waals surface area contributed by atoms with Crippen molar-refractivity contribution in [1.29, 1.82) is 0 Å². The summed E-state index contributed by atoms with van der Waals surface area (Å²) in [5.74, 6) is -1.21. The number of carbonyl (C=O) groups excluding carboxylic acids is 3. The van der Waals surface area contributed by atoms with Gasteiger partial charge in [-0.1, -0.05) is 35.3 Å². The van der Waals surface area contributed by atoms with Crippen molar-refractivity contribution in [1.82, 2.24) is 5.32 Å². The van der Waals surface area contributed by atoms with Gasteiger partial charge in [0.2, 0.25) is 5.91 Å². The van der Waals surface area contributed by atoms with Crippen LogP contribution < -0.4 is 10.1 Å². The fourth-order valence-corrected chi connectivity index (χ4v) is 2.20. The van der Waals surface area contributed by atoms with E-state index in [2.05, 4.69) is 5.32 Å². The van der Waals surface area contributed by atoms with Gasteiger partial charge in [0.05, 0.1) is 15.6 Å². The zero-order valence-corrected chi connectivity index (χ0v) is 14.1. The Hall–Kier alpha value is -2.37. The molecule has 0 atom stereocenters. The maximum Gasteiger partial charge on any atom is 0.261 e. The molecule has 0 spiro atoms. The Balaban J connectivity index is 2.11. The van der Waals surface area contributed by atoms with Crippen LogP contribution in [0.1, 0.15) is 27.6 Å². The average molecular weight is 366 g/mol. The van der Waals surface area contributed by atoms with Gasteiger partial charge in [-0.3, -0.25) is 19.7 Å². The van der Waals surface area contributed by atoms with Gasteiger partial charge in [-0.15, -0.1) is 0 Å². The highest BCUT2D eigenvalue weighted by atomic mass is 35.5. The van der Waals surface area contributed by atoms with Crippen LogP contribution >= 0.6 is 23.2 Å². The monoisotopic (exact) mass is 365 g/mol. The summed E-state index contributed by atoms with van der Waals surface area (Å²) in [5, 5.41) is 2.77. The number of carbonyl (C=O) groups is 3. The van der Waals surface area contributed by atoms with Gasteiger partial charge in [-0.2, -0.15) is 0 Å². The second kappa shape index (κ2) is 7.95. The first-order valence-electron chi connectivity index (χ1n) is 6.90. The van der Waals surface area contributed by atoms with E-state index in [1.165, 1.54) is 37.3 Å². The fraction of sp³-hybridized carbons (Fsp3) is 0.118. The topological polar surface area (TPSA) is 72.5 Å². The van der Waals surface area contributed by atoms with Gasteiger partial charge in [0.1, 0.15) is 5.75 Å². The van der Waals surface area contributed by atoms with Crippen LogP contribution in [0.25, 0.3) is 0 Å². The molecule has 2 amide bonds. The molecule has 0 aliphatic carbocycles. The maximum absolute atomic E-state index is 12.2. The van der Waals surface area contributed by atoms with E-state index in [0.29, 0.717) is 10.6 Å². The number of benzene rings is 2. The van der Waals surface area contributed by atoms with Crippen LogP contribution in [0, 0.1) is 0 Å². The first-order chi connectivity index (χ1) is 11.4. The van der Waals surface area contributed by atoms with E-state index >= 15 is 0 Å². The molecular weight excluding hydrogens is 353 g/mol. The van der Waals surface area contributed by atoms with Crippen LogP contribution in [-0.2, 0) is 4.79 Å². The van der Waals surface area contributed by atoms with Crippen LogP contribution in [0.2, 0.25) is 10.0 Å². The number of ether oxygens (including phenoxy) is 1. The minimum absolute atomic E-state index is 0.162. The maximum atomic E-state index is 12.2. The van der Waals surface area contributed by atoms with Gasteiger partial charge >= 0.3 is 0 Å². The molecule has 2 aromatic carbocycles. The summed E-state index contributed by atoms with van der Waals surface area (Å²) >= 11 is 11.7. The van der Waals surface area contributed by atoms with Gasteiger partial charge < -0.3 is 4.74 Å². The molecule has 2 rings (SSSR count). The van der Waals surface area contributed by atoms with Gasteiger partial charge in [0.15, 0.2) is 12.4 Å². The summed E-state index contributed by atoms with van der Waals surface area (Å²) in [6.07, 6.45) is 0. The lowest BCUT2D eigenvalue weighted by atomic mass is 10.1. The molecule has 24 heavy (non-hydrogen) atoms. The molecule has 0 bridgehead atoms. The molecule has 7 heteroatoms. The Morgan fingerprint density at radius 2 is 1.75 bits per heavy atom. The van der Waals surface area contributed by atoms with Crippen molar-refractivity contribution in [3.63, 3.8) is 0 Å². The third kappa shape index (κ3) is 4.57. The van der Waals surface area contributed by atoms with Crippen molar-refractivity contribution in [3.8, 4) is 5.75 Å². The lowest BCUT2D eigenvalue weighted by Gasteiger charge is -2.10. The number of Topliss-reactive ketones (excluding diaryl/α,β-unsaturated/α-hetero) is 1. The number of amides is 2. The molecule has 2 aromatic rings. The normalized spacial score (nSPS) is 10.1. The molecule has 0 unspecified atom stereocenters. The molecule has 1 N–H and O–H groups in total. The lowest BCUT2D eigenvalue weighted by molar-refractivity contribution is -0.118. The number of rotatable bonds is 5. The molecule has 0 saturated carbocycles. The zero-order valence-electron chi connectivity index (χ0n) is 12.6. The van der Waals surface area contributed by atoms with Crippen molar-refractivity contribution in [2.24, 2.45) is 0 Å². The quantitative estimate of drug-likeness (QED) is 0.822. The number of hydrogen-bond acceptors (Lipinski definition) is 4. The van der Waals surface area contributed by atoms with E-state index in [0.717, 1.165) is 0 Å². The Morgan fingerprint density at radius 1 is 1.04 bits per heavy atom. The number of hydrogen-bond donors (Lipinski definition) is 1. The zero-order chi connectivity index (χ0) is 17.7. The van der Waals surface area contributed by atoms with Crippen molar-refractivity contribution < 1.29 is 19.1 Å². The van der Waals surface area contributed by atoms with Gasteiger partial charge in [-0.05, 0) is 30.3 Å². The van der Waals surface area contributed by atoms with E-state index in [4.69, 9.17) is 27.9 Å². The molecule has 124 valence electrons. The van der Waals surface area contributed by atoms with Gasteiger partial charge in [0.25, 0.3) is 5.91 Å². The number of ketones is 1. The largest absolute Gasteiger partial charge is 0.485 e. The number of para-hydroxylation sites is 1. The Bertz CT molecular complexity index is 805. The molecule has 0 fully saturated rings. The summed E-state index contributed by atoms with van der Waals surface area (Å²) in [4.78, 5) is 35.1. The fourth-order valence-electron chi connectivity index (χ4n) is 1.90. The van der Waals surface area contributed by atoms with Crippen LogP contribution in [0.5, 0.6) is 5.75 Å². The van der Waals surface area contributed by atoms with Crippen molar-refractivity contribution in [2.45, 2.75) is 6.92 Å². The lowest BCUT2D eigenvalue weighted by Crippen LogP contribution is -2.28. The van der Waals surface area contributed by atoms with Crippen LogP contribution in [0.3, 0.4) is 0 Å². The number of nitrogens with one attached hydrogen (secondary N) is 1. The highest BCUT2D eigenvalue weighted by molar-refractivity contribution is 6.42. The van der Waals surface area contributed by atoms with Gasteiger partial charge in [0, 0.05) is 12.5 Å². The number of halogens is 2. The summed E-state index contributed by atoms with van der Waals surface area (Å²) in [7, 11) is 0. The molecule has 0 saturated heterocycles. The molecule has 5 nitrogen and oxygen atoms in total. The average Bonchev–Trinajstić information content (AvgIpc) is 2.54. The molecule has 0 radical (unpaired) electrons. The summed E-state index contributed by atoms with van der Waals surface area (Å²) in [5.41, 5.74) is 0.504. The summed E-state index contributed by atoms with van der Waals surface area (Å²) in [6, 6.07) is 10.8. The predicted molar refractivity (Wildman–Crippen MR) is 90.9 cm³/mol. The van der Waals surface area contributed by atoms with E-state index in [1.807, 2.05) is 0 Å². The van der Waals surface area contributed by atoms with Crippen molar-refractivity contribution in [3.05, 3.63) is 63.6 Å². The molecular formula is C17H13Cl2NO4. The smallest absolute Gasteiger partial charge is 0.261 e. The van der Waals surface area contributed by atoms with E-state index in [-0.39, 0.29) is 28.7 Å². The predicted octanol–water partition coefficient (Wildman–Crippen LogP) is 3.53. The van der Waals surface area contributed by atoms with Crippen molar-refractivity contribution in [2.75, 3.05) is 6.61 Å². The molecule has 0 aromatic heterocycles. The van der Waals surface area contributed by atoms with Crippen LogP contribution in [-0.4, -0.2) is 24.2 Å². The van der Waals surface area contributed by atoms with Crippen molar-refractivity contribution >= 4 is 40.8 Å². The van der Waals surface area contributed by atoms with Crippen LogP contribution in [0.4, 0.5) is 0 Å². The summed E-state index contributed by atoms with van der Waals surface area (Å²) in [6.45, 7) is 0.942. The van der Waals surface area contributed by atoms with E-state index < -0.39 is 11.8 Å². The first-order valence-corrected chi connectivity index (χ1v) is 7.66. The third-order valence-electron chi connectivity index (χ3n) is 3.02. The SMILES string of the molecule is CC(=O)NC(=O)c1ccccc1OCC(=O)c1ccc(Cl)c(Cl)c1. The molecule has 0 heterocycles. The first kappa shape index (κ1) is 18.0. The molecule has 0 aliphatic rings. The third-order valence-corrected chi connectivity index (χ3v) is 3.76.